The minimum absolute atomic E-state index is 0.320. The molecule has 20 heavy (non-hydrogen) atoms. The van der Waals surface area contributed by atoms with Gasteiger partial charge in [-0.25, -0.2) is 4.98 Å². The molecule has 3 rings (SSSR count). The van der Waals surface area contributed by atoms with Gasteiger partial charge in [0, 0.05) is 32.1 Å². The Kier molecular flexibility index (Phi) is 3.60. The molecule has 0 unspecified atom stereocenters. The maximum Gasteiger partial charge on any atom is 0.168 e. The van der Waals surface area contributed by atoms with Crippen molar-refractivity contribution in [3.63, 3.8) is 0 Å². The standard InChI is InChI=1S/C15H19N3O2/c1-18(14-10-12(11-16)4-7-17-14)13-2-5-15(6-3-13)19-8-9-20-15/h4,7,10,13H,2-3,5-6,8-9H2,1H3. The summed E-state index contributed by atoms with van der Waals surface area (Å²) in [5, 5.41) is 8.96. The average Bonchev–Trinajstić information content (AvgIpc) is 2.96. The zero-order chi connectivity index (χ0) is 14.0. The molecule has 2 heterocycles. The predicted molar refractivity (Wildman–Crippen MR) is 74.2 cm³/mol. The normalized spacial score (nSPS) is 21.8. The first-order valence-corrected chi connectivity index (χ1v) is 7.09. The van der Waals surface area contributed by atoms with Crippen molar-refractivity contribution in [2.24, 2.45) is 0 Å². The first-order valence-electron chi connectivity index (χ1n) is 7.09. The summed E-state index contributed by atoms with van der Waals surface area (Å²) in [6, 6.07) is 6.15. The first kappa shape index (κ1) is 13.3. The van der Waals surface area contributed by atoms with E-state index in [9.17, 15) is 0 Å². The fraction of sp³-hybridized carbons (Fsp3) is 0.600. The molecule has 1 aliphatic carbocycles. The van der Waals surface area contributed by atoms with Gasteiger partial charge in [0.15, 0.2) is 5.79 Å². The second-order valence-corrected chi connectivity index (χ2v) is 5.46. The summed E-state index contributed by atoms with van der Waals surface area (Å²) >= 11 is 0. The van der Waals surface area contributed by atoms with E-state index in [2.05, 4.69) is 16.0 Å². The van der Waals surface area contributed by atoms with E-state index < -0.39 is 0 Å². The lowest BCUT2D eigenvalue weighted by atomic mass is 9.89. The Morgan fingerprint density at radius 3 is 2.70 bits per heavy atom. The lowest BCUT2D eigenvalue weighted by molar-refractivity contribution is -0.178. The van der Waals surface area contributed by atoms with E-state index in [1.54, 1.807) is 12.3 Å². The summed E-state index contributed by atoms with van der Waals surface area (Å²) in [6.45, 7) is 1.43. The zero-order valence-corrected chi connectivity index (χ0v) is 11.7. The Morgan fingerprint density at radius 1 is 1.35 bits per heavy atom. The van der Waals surface area contributed by atoms with Gasteiger partial charge in [0.1, 0.15) is 5.82 Å². The molecule has 0 atom stereocenters. The van der Waals surface area contributed by atoms with Crippen molar-refractivity contribution in [1.29, 1.82) is 5.26 Å². The van der Waals surface area contributed by atoms with Gasteiger partial charge in [-0.15, -0.1) is 0 Å². The molecule has 106 valence electrons. The number of nitriles is 1. The van der Waals surface area contributed by atoms with E-state index in [1.165, 1.54) is 0 Å². The van der Waals surface area contributed by atoms with Crippen LogP contribution in [0, 0.1) is 11.3 Å². The van der Waals surface area contributed by atoms with Crippen LogP contribution in [-0.4, -0.2) is 37.1 Å². The number of aromatic nitrogens is 1. The van der Waals surface area contributed by atoms with Crippen LogP contribution in [-0.2, 0) is 9.47 Å². The van der Waals surface area contributed by atoms with Crippen LogP contribution in [0.2, 0.25) is 0 Å². The number of pyridine rings is 1. The molecule has 0 aromatic carbocycles. The molecule has 0 radical (unpaired) electrons. The molecular formula is C15H19N3O2. The Balaban J connectivity index is 1.66. The SMILES string of the molecule is CN(c1cc(C#N)ccn1)C1CCC2(CC1)OCCO2. The Morgan fingerprint density at radius 2 is 2.05 bits per heavy atom. The summed E-state index contributed by atoms with van der Waals surface area (Å²) in [7, 11) is 2.04. The summed E-state index contributed by atoms with van der Waals surface area (Å²) in [5.74, 6) is 0.539. The zero-order valence-electron chi connectivity index (χ0n) is 11.7. The van der Waals surface area contributed by atoms with Crippen molar-refractivity contribution in [3.8, 4) is 6.07 Å². The van der Waals surface area contributed by atoms with Crippen molar-refractivity contribution < 1.29 is 9.47 Å². The molecule has 2 aliphatic rings. The third-order valence-corrected chi connectivity index (χ3v) is 4.31. The minimum atomic E-state index is -0.320. The molecule has 2 fully saturated rings. The Labute approximate surface area is 119 Å². The van der Waals surface area contributed by atoms with Gasteiger partial charge in [0.05, 0.1) is 24.8 Å². The maximum atomic E-state index is 8.96. The van der Waals surface area contributed by atoms with Crippen LogP contribution in [0.1, 0.15) is 31.2 Å². The summed E-state index contributed by atoms with van der Waals surface area (Å²) < 4.78 is 11.5. The Hall–Kier alpha value is -1.64. The highest BCUT2D eigenvalue weighted by Crippen LogP contribution is 2.37. The molecule has 0 N–H and O–H groups in total. The predicted octanol–water partition coefficient (Wildman–Crippen LogP) is 2.08. The molecule has 1 aliphatic heterocycles. The highest BCUT2D eigenvalue weighted by Gasteiger charge is 2.41. The number of ether oxygens (including phenoxy) is 2. The van der Waals surface area contributed by atoms with Crippen LogP contribution in [0.3, 0.4) is 0 Å². The van der Waals surface area contributed by atoms with Gasteiger partial charge in [-0.05, 0) is 25.0 Å². The van der Waals surface area contributed by atoms with Gasteiger partial charge in [-0.1, -0.05) is 0 Å². The summed E-state index contributed by atoms with van der Waals surface area (Å²) in [6.07, 6.45) is 5.60. The molecule has 0 bridgehead atoms. The second kappa shape index (κ2) is 5.39. The molecule has 1 aromatic rings. The Bertz CT molecular complexity index is 510. The largest absolute Gasteiger partial charge is 0.357 e. The van der Waals surface area contributed by atoms with Gasteiger partial charge in [0.25, 0.3) is 0 Å². The number of nitrogens with zero attached hydrogens (tertiary/aromatic N) is 3. The molecule has 0 amide bonds. The van der Waals surface area contributed by atoms with E-state index in [0.29, 0.717) is 24.8 Å². The number of hydrogen-bond donors (Lipinski definition) is 0. The third kappa shape index (κ3) is 2.49. The van der Waals surface area contributed by atoms with Gasteiger partial charge in [-0.3, -0.25) is 0 Å². The molecular weight excluding hydrogens is 254 g/mol. The number of anilines is 1. The molecule has 1 saturated carbocycles. The summed E-state index contributed by atoms with van der Waals surface area (Å²) in [4.78, 5) is 6.53. The fourth-order valence-corrected chi connectivity index (χ4v) is 3.08. The van der Waals surface area contributed by atoms with Crippen LogP contribution < -0.4 is 4.90 Å². The van der Waals surface area contributed by atoms with Crippen molar-refractivity contribution in [2.45, 2.75) is 37.5 Å². The van der Waals surface area contributed by atoms with E-state index in [0.717, 1.165) is 31.5 Å². The minimum Gasteiger partial charge on any atom is -0.357 e. The highest BCUT2D eigenvalue weighted by molar-refractivity contribution is 5.45. The van der Waals surface area contributed by atoms with E-state index in [1.807, 2.05) is 13.1 Å². The van der Waals surface area contributed by atoms with Gasteiger partial charge >= 0.3 is 0 Å². The van der Waals surface area contributed by atoms with Crippen LogP contribution in [0.4, 0.5) is 5.82 Å². The third-order valence-electron chi connectivity index (χ3n) is 4.31. The fourth-order valence-electron chi connectivity index (χ4n) is 3.08. The van der Waals surface area contributed by atoms with Crippen LogP contribution in [0.15, 0.2) is 18.3 Å². The van der Waals surface area contributed by atoms with E-state index in [4.69, 9.17) is 14.7 Å². The molecule has 1 aromatic heterocycles. The quantitative estimate of drug-likeness (QED) is 0.825. The topological polar surface area (TPSA) is 58.4 Å². The maximum absolute atomic E-state index is 8.96. The van der Waals surface area contributed by atoms with Crippen molar-refractivity contribution in [3.05, 3.63) is 23.9 Å². The van der Waals surface area contributed by atoms with Gasteiger partial charge in [-0.2, -0.15) is 5.26 Å². The van der Waals surface area contributed by atoms with Crippen LogP contribution >= 0.6 is 0 Å². The average molecular weight is 273 g/mol. The number of hydrogen-bond acceptors (Lipinski definition) is 5. The van der Waals surface area contributed by atoms with Crippen molar-refractivity contribution in [1.82, 2.24) is 4.98 Å². The molecule has 5 nitrogen and oxygen atoms in total. The highest BCUT2D eigenvalue weighted by atomic mass is 16.7. The second-order valence-electron chi connectivity index (χ2n) is 5.46. The van der Waals surface area contributed by atoms with Crippen molar-refractivity contribution in [2.75, 3.05) is 25.2 Å². The lowest BCUT2D eigenvalue weighted by Crippen LogP contribution is -2.43. The van der Waals surface area contributed by atoms with Crippen molar-refractivity contribution >= 4 is 5.82 Å². The van der Waals surface area contributed by atoms with Gasteiger partial charge in [0.2, 0.25) is 0 Å². The smallest absolute Gasteiger partial charge is 0.168 e. The first-order chi connectivity index (χ1) is 9.72. The van der Waals surface area contributed by atoms with Crippen LogP contribution in [0.25, 0.3) is 0 Å². The van der Waals surface area contributed by atoms with E-state index >= 15 is 0 Å². The van der Waals surface area contributed by atoms with Crippen LogP contribution in [0.5, 0.6) is 0 Å². The number of rotatable bonds is 2. The molecule has 1 saturated heterocycles. The monoisotopic (exact) mass is 273 g/mol. The molecule has 1 spiro atoms. The van der Waals surface area contributed by atoms with Gasteiger partial charge < -0.3 is 14.4 Å². The summed E-state index contributed by atoms with van der Waals surface area (Å²) in [5.41, 5.74) is 0.650. The van der Waals surface area contributed by atoms with E-state index in [-0.39, 0.29) is 5.79 Å². The lowest BCUT2D eigenvalue weighted by Gasteiger charge is -2.39. The molecule has 5 heteroatoms.